The molecule has 5 nitrogen and oxygen atoms in total. The van der Waals surface area contributed by atoms with Gasteiger partial charge in [-0.05, 0) is 30.5 Å². The molecule has 1 saturated heterocycles. The number of carboxylic acid groups (broad SMARTS) is 1. The number of rotatable bonds is 2. The Labute approximate surface area is 130 Å². The molecule has 0 spiro atoms. The van der Waals surface area contributed by atoms with Crippen molar-refractivity contribution in [2.45, 2.75) is 19.4 Å². The third kappa shape index (κ3) is 3.07. The van der Waals surface area contributed by atoms with E-state index in [4.69, 9.17) is 11.6 Å². The first-order chi connectivity index (χ1) is 9.40. The maximum absolute atomic E-state index is 12.2. The van der Waals surface area contributed by atoms with E-state index >= 15 is 0 Å². The van der Waals surface area contributed by atoms with Gasteiger partial charge in [0.05, 0.1) is 10.7 Å². The summed E-state index contributed by atoms with van der Waals surface area (Å²) < 4.78 is 0.804. The first-order valence-corrected chi connectivity index (χ1v) is 7.32. The Hall–Kier alpha value is -1.27. The van der Waals surface area contributed by atoms with Crippen molar-refractivity contribution < 1.29 is 14.7 Å². The van der Waals surface area contributed by atoms with Crippen molar-refractivity contribution in [3.8, 4) is 0 Å². The number of carboxylic acids is 1. The van der Waals surface area contributed by atoms with Crippen LogP contribution in [0.15, 0.2) is 22.7 Å². The lowest BCUT2D eigenvalue weighted by atomic mass is 10.0. The number of urea groups is 1. The first kappa shape index (κ1) is 15.1. The van der Waals surface area contributed by atoms with E-state index in [1.165, 1.54) is 4.90 Å². The zero-order valence-electron chi connectivity index (χ0n) is 10.8. The summed E-state index contributed by atoms with van der Waals surface area (Å²) in [6.45, 7) is 2.26. The molecule has 1 aromatic carbocycles. The number of carbonyl (C=O) groups is 2. The highest BCUT2D eigenvalue weighted by Crippen LogP contribution is 2.28. The molecule has 0 aliphatic carbocycles. The van der Waals surface area contributed by atoms with E-state index in [-0.39, 0.29) is 5.92 Å². The van der Waals surface area contributed by atoms with Crippen molar-refractivity contribution in [3.63, 3.8) is 0 Å². The summed E-state index contributed by atoms with van der Waals surface area (Å²) in [6, 6.07) is 3.86. The highest BCUT2D eigenvalue weighted by molar-refractivity contribution is 9.10. The van der Waals surface area contributed by atoms with E-state index < -0.39 is 18.0 Å². The monoisotopic (exact) mass is 360 g/mol. The smallest absolute Gasteiger partial charge is 0.326 e. The Balaban J connectivity index is 2.14. The molecule has 1 aliphatic rings. The van der Waals surface area contributed by atoms with Crippen molar-refractivity contribution in [1.29, 1.82) is 0 Å². The number of aliphatic carboxylic acids is 1. The number of nitrogens with zero attached hydrogens (tertiary/aromatic N) is 1. The van der Waals surface area contributed by atoms with Crippen LogP contribution in [0.25, 0.3) is 0 Å². The molecule has 2 amide bonds. The van der Waals surface area contributed by atoms with Crippen LogP contribution in [0, 0.1) is 5.92 Å². The fourth-order valence-corrected chi connectivity index (χ4v) is 3.05. The summed E-state index contributed by atoms with van der Waals surface area (Å²) in [7, 11) is 0. The van der Waals surface area contributed by atoms with Crippen LogP contribution in [0.4, 0.5) is 10.5 Å². The van der Waals surface area contributed by atoms with Crippen LogP contribution in [0.1, 0.15) is 13.3 Å². The number of carbonyl (C=O) groups excluding carboxylic acids is 1. The molecule has 2 N–H and O–H groups in total. The number of likely N-dealkylation sites (tertiary alicyclic amines) is 1. The molecule has 1 heterocycles. The van der Waals surface area contributed by atoms with Gasteiger partial charge in [0, 0.05) is 11.0 Å². The van der Waals surface area contributed by atoms with Gasteiger partial charge in [-0.15, -0.1) is 0 Å². The Morgan fingerprint density at radius 3 is 2.80 bits per heavy atom. The Morgan fingerprint density at radius 2 is 2.20 bits per heavy atom. The molecule has 0 radical (unpaired) electrons. The normalized spacial score (nSPS) is 21.9. The van der Waals surface area contributed by atoms with Crippen molar-refractivity contribution >= 4 is 45.2 Å². The highest BCUT2D eigenvalue weighted by atomic mass is 79.9. The third-order valence-electron chi connectivity index (χ3n) is 3.39. The van der Waals surface area contributed by atoms with Gasteiger partial charge >= 0.3 is 12.0 Å². The largest absolute Gasteiger partial charge is 0.480 e. The fourth-order valence-electron chi connectivity index (χ4n) is 2.33. The quantitative estimate of drug-likeness (QED) is 0.848. The third-order valence-corrected chi connectivity index (χ3v) is 4.19. The van der Waals surface area contributed by atoms with Crippen molar-refractivity contribution in [3.05, 3.63) is 27.7 Å². The van der Waals surface area contributed by atoms with Crippen LogP contribution < -0.4 is 5.32 Å². The van der Waals surface area contributed by atoms with Gasteiger partial charge in [0.2, 0.25) is 0 Å². The maximum Gasteiger partial charge on any atom is 0.326 e. The molecular formula is C13H14BrClN2O3. The molecule has 20 heavy (non-hydrogen) atoms. The van der Waals surface area contributed by atoms with Gasteiger partial charge in [0.1, 0.15) is 6.04 Å². The van der Waals surface area contributed by atoms with Gasteiger partial charge in [-0.3, -0.25) is 0 Å². The van der Waals surface area contributed by atoms with E-state index in [0.29, 0.717) is 23.7 Å². The van der Waals surface area contributed by atoms with Crippen LogP contribution in [-0.2, 0) is 4.79 Å². The molecule has 0 bridgehead atoms. The molecule has 1 fully saturated rings. The van der Waals surface area contributed by atoms with E-state index in [1.54, 1.807) is 18.2 Å². The van der Waals surface area contributed by atoms with Gasteiger partial charge in [-0.1, -0.05) is 34.5 Å². The Kier molecular flexibility index (Phi) is 4.55. The molecule has 0 aromatic heterocycles. The van der Waals surface area contributed by atoms with Gasteiger partial charge in [-0.25, -0.2) is 9.59 Å². The van der Waals surface area contributed by atoms with Crippen LogP contribution in [0.3, 0.4) is 0 Å². The highest BCUT2D eigenvalue weighted by Gasteiger charge is 2.39. The zero-order valence-corrected chi connectivity index (χ0v) is 13.1. The van der Waals surface area contributed by atoms with Gasteiger partial charge in [0.25, 0.3) is 0 Å². The van der Waals surface area contributed by atoms with Crippen molar-refractivity contribution in [1.82, 2.24) is 4.90 Å². The molecule has 1 aromatic rings. The average molecular weight is 362 g/mol. The Bertz CT molecular complexity index is 552. The number of amides is 2. The molecule has 108 valence electrons. The number of anilines is 1. The SMILES string of the molecule is CC1CCN(C(=O)Nc2ccc(Br)cc2Cl)C1C(=O)O. The van der Waals surface area contributed by atoms with E-state index in [1.807, 2.05) is 6.92 Å². The minimum Gasteiger partial charge on any atom is -0.480 e. The Morgan fingerprint density at radius 1 is 1.50 bits per heavy atom. The molecule has 1 aliphatic heterocycles. The van der Waals surface area contributed by atoms with Gasteiger partial charge in [0.15, 0.2) is 0 Å². The van der Waals surface area contributed by atoms with E-state index in [0.717, 1.165) is 4.47 Å². The summed E-state index contributed by atoms with van der Waals surface area (Å²) in [5, 5.41) is 12.3. The van der Waals surface area contributed by atoms with Crippen LogP contribution in [0.2, 0.25) is 5.02 Å². The summed E-state index contributed by atoms with van der Waals surface area (Å²) in [6.07, 6.45) is 0.679. The second-order valence-electron chi connectivity index (χ2n) is 4.80. The molecular weight excluding hydrogens is 348 g/mol. The summed E-state index contributed by atoms with van der Waals surface area (Å²) in [5.74, 6) is -1.04. The minimum atomic E-state index is -0.980. The predicted octanol–water partition coefficient (Wildman–Crippen LogP) is 3.43. The van der Waals surface area contributed by atoms with Gasteiger partial charge in [-0.2, -0.15) is 0 Å². The van der Waals surface area contributed by atoms with Crippen LogP contribution in [-0.4, -0.2) is 34.6 Å². The topological polar surface area (TPSA) is 69.6 Å². The zero-order chi connectivity index (χ0) is 14.9. The number of hydrogen-bond donors (Lipinski definition) is 2. The molecule has 2 unspecified atom stereocenters. The lowest BCUT2D eigenvalue weighted by molar-refractivity contribution is -0.142. The summed E-state index contributed by atoms with van der Waals surface area (Å²) >= 11 is 9.31. The predicted molar refractivity (Wildman–Crippen MR) is 80.1 cm³/mol. The second kappa shape index (κ2) is 6.01. The number of benzene rings is 1. The molecule has 7 heteroatoms. The molecule has 2 atom stereocenters. The minimum absolute atomic E-state index is 0.0568. The molecule has 0 saturated carbocycles. The van der Waals surface area contributed by atoms with E-state index in [9.17, 15) is 14.7 Å². The first-order valence-electron chi connectivity index (χ1n) is 6.15. The summed E-state index contributed by atoms with van der Waals surface area (Å²) in [5.41, 5.74) is 0.462. The maximum atomic E-state index is 12.2. The average Bonchev–Trinajstić information content (AvgIpc) is 2.74. The summed E-state index contributed by atoms with van der Waals surface area (Å²) in [4.78, 5) is 24.8. The lowest BCUT2D eigenvalue weighted by Gasteiger charge is -2.23. The fraction of sp³-hybridized carbons (Fsp3) is 0.385. The second-order valence-corrected chi connectivity index (χ2v) is 6.12. The van der Waals surface area contributed by atoms with Crippen molar-refractivity contribution in [2.24, 2.45) is 5.92 Å². The standard InChI is InChI=1S/C13H14BrClN2O3/c1-7-4-5-17(11(7)12(18)19)13(20)16-10-3-2-8(14)6-9(10)15/h2-3,6-7,11H,4-5H2,1H3,(H,16,20)(H,18,19). The van der Waals surface area contributed by atoms with Crippen molar-refractivity contribution in [2.75, 3.05) is 11.9 Å². The van der Waals surface area contributed by atoms with Gasteiger partial charge < -0.3 is 15.3 Å². The van der Waals surface area contributed by atoms with Crippen LogP contribution in [0.5, 0.6) is 0 Å². The lowest BCUT2D eigenvalue weighted by Crippen LogP contribution is -2.44. The molecule has 2 rings (SSSR count). The van der Waals surface area contributed by atoms with E-state index in [2.05, 4.69) is 21.2 Å². The van der Waals surface area contributed by atoms with Crippen LogP contribution >= 0.6 is 27.5 Å². The number of nitrogens with one attached hydrogen (secondary N) is 1. The number of hydrogen-bond acceptors (Lipinski definition) is 2. The number of halogens is 2.